The Kier molecular flexibility index (Phi) is 4.39. The Balaban J connectivity index is 1.99. The molecule has 0 heterocycles. The van der Waals surface area contributed by atoms with Gasteiger partial charge in [-0.05, 0) is 35.9 Å². The van der Waals surface area contributed by atoms with Crippen molar-refractivity contribution in [3.05, 3.63) is 60.2 Å². The molecule has 4 nitrogen and oxygen atoms in total. The normalized spacial score (nSPS) is 10.4. The average Bonchev–Trinajstić information content (AvgIpc) is 2.47. The predicted molar refractivity (Wildman–Crippen MR) is 78.8 cm³/mol. The van der Waals surface area contributed by atoms with Crippen molar-refractivity contribution in [2.75, 3.05) is 12.4 Å². The van der Waals surface area contributed by atoms with Gasteiger partial charge in [0.15, 0.2) is 0 Å². The van der Waals surface area contributed by atoms with E-state index in [9.17, 15) is 4.79 Å². The number of aromatic hydroxyl groups is 1. The van der Waals surface area contributed by atoms with Crippen LogP contribution in [-0.4, -0.2) is 18.1 Å². The molecule has 0 aliphatic heterocycles. The molecule has 2 aromatic rings. The molecule has 2 N–H and O–H groups in total. The van der Waals surface area contributed by atoms with E-state index in [-0.39, 0.29) is 11.7 Å². The first-order valence-electron chi connectivity index (χ1n) is 6.09. The number of hydrogen-bond acceptors (Lipinski definition) is 3. The molecule has 20 heavy (non-hydrogen) atoms. The Hall–Kier alpha value is -2.75. The largest absolute Gasteiger partial charge is 0.508 e. The molecule has 0 saturated heterocycles. The minimum atomic E-state index is -0.230. The first kappa shape index (κ1) is 13.7. The van der Waals surface area contributed by atoms with Crippen molar-refractivity contribution < 1.29 is 14.6 Å². The van der Waals surface area contributed by atoms with E-state index in [0.29, 0.717) is 11.4 Å². The standard InChI is InChI=1S/C16H15NO3/c1-20-15-4-2-3-13(11-15)17-16(19)10-7-12-5-8-14(18)9-6-12/h2-11,18H,1H3,(H,17,19)/b10-7+. The topological polar surface area (TPSA) is 58.6 Å². The number of benzene rings is 2. The second-order valence-electron chi connectivity index (χ2n) is 4.15. The summed E-state index contributed by atoms with van der Waals surface area (Å²) in [5, 5.41) is 11.9. The second kappa shape index (κ2) is 6.43. The van der Waals surface area contributed by atoms with E-state index in [4.69, 9.17) is 9.84 Å². The molecule has 4 heteroatoms. The third kappa shape index (κ3) is 3.88. The van der Waals surface area contributed by atoms with Crippen LogP contribution in [0.15, 0.2) is 54.6 Å². The van der Waals surface area contributed by atoms with Crippen molar-refractivity contribution in [1.82, 2.24) is 0 Å². The lowest BCUT2D eigenvalue weighted by molar-refractivity contribution is -0.111. The third-order valence-electron chi connectivity index (χ3n) is 2.66. The molecular formula is C16H15NO3. The van der Waals surface area contributed by atoms with Gasteiger partial charge in [0.2, 0.25) is 5.91 Å². The van der Waals surface area contributed by atoms with Crippen LogP contribution >= 0.6 is 0 Å². The summed E-state index contributed by atoms with van der Waals surface area (Å²) in [6, 6.07) is 13.7. The van der Waals surface area contributed by atoms with Gasteiger partial charge in [-0.3, -0.25) is 4.79 Å². The molecule has 0 radical (unpaired) electrons. The van der Waals surface area contributed by atoms with Gasteiger partial charge in [0, 0.05) is 17.8 Å². The zero-order valence-electron chi connectivity index (χ0n) is 11.0. The Morgan fingerprint density at radius 3 is 2.65 bits per heavy atom. The van der Waals surface area contributed by atoms with Crippen LogP contribution in [0, 0.1) is 0 Å². The van der Waals surface area contributed by atoms with Crippen LogP contribution in [0.25, 0.3) is 6.08 Å². The van der Waals surface area contributed by atoms with Gasteiger partial charge in [0.05, 0.1) is 7.11 Å². The quantitative estimate of drug-likeness (QED) is 0.839. The molecule has 0 fully saturated rings. The number of methoxy groups -OCH3 is 1. The van der Waals surface area contributed by atoms with E-state index < -0.39 is 0 Å². The maximum absolute atomic E-state index is 11.8. The summed E-state index contributed by atoms with van der Waals surface area (Å²) in [7, 11) is 1.58. The number of amides is 1. The van der Waals surface area contributed by atoms with Crippen LogP contribution in [-0.2, 0) is 4.79 Å². The fraction of sp³-hybridized carbons (Fsp3) is 0.0625. The maximum atomic E-state index is 11.8. The number of carbonyl (C=O) groups excluding carboxylic acids is 1. The average molecular weight is 269 g/mol. The summed E-state index contributed by atoms with van der Waals surface area (Å²) >= 11 is 0. The summed E-state index contributed by atoms with van der Waals surface area (Å²) in [5.41, 5.74) is 1.51. The second-order valence-corrected chi connectivity index (χ2v) is 4.15. The van der Waals surface area contributed by atoms with Gasteiger partial charge in [-0.2, -0.15) is 0 Å². The number of phenols is 1. The van der Waals surface area contributed by atoms with Crippen LogP contribution < -0.4 is 10.1 Å². The van der Waals surface area contributed by atoms with Crippen molar-refractivity contribution in [3.8, 4) is 11.5 Å². The highest BCUT2D eigenvalue weighted by Crippen LogP contribution is 2.16. The lowest BCUT2D eigenvalue weighted by Crippen LogP contribution is -2.07. The van der Waals surface area contributed by atoms with Gasteiger partial charge in [-0.1, -0.05) is 18.2 Å². The first-order chi connectivity index (χ1) is 9.67. The zero-order valence-corrected chi connectivity index (χ0v) is 11.0. The number of rotatable bonds is 4. The molecule has 1 amide bonds. The Morgan fingerprint density at radius 2 is 1.95 bits per heavy atom. The summed E-state index contributed by atoms with van der Waals surface area (Å²) in [4.78, 5) is 11.8. The lowest BCUT2D eigenvalue weighted by atomic mass is 10.2. The van der Waals surface area contributed by atoms with E-state index in [1.54, 1.807) is 55.7 Å². The number of phenolic OH excluding ortho intramolecular Hbond substituents is 1. The van der Waals surface area contributed by atoms with E-state index in [2.05, 4.69) is 5.32 Å². The van der Waals surface area contributed by atoms with Gasteiger partial charge in [-0.15, -0.1) is 0 Å². The molecule has 0 saturated carbocycles. The van der Waals surface area contributed by atoms with Crippen molar-refractivity contribution >= 4 is 17.7 Å². The minimum Gasteiger partial charge on any atom is -0.508 e. The Morgan fingerprint density at radius 1 is 1.20 bits per heavy atom. The molecule has 0 unspecified atom stereocenters. The van der Waals surface area contributed by atoms with Crippen molar-refractivity contribution in [3.63, 3.8) is 0 Å². The highest BCUT2D eigenvalue weighted by molar-refractivity contribution is 6.02. The highest BCUT2D eigenvalue weighted by atomic mass is 16.5. The molecular weight excluding hydrogens is 254 g/mol. The van der Waals surface area contributed by atoms with Gasteiger partial charge in [-0.25, -0.2) is 0 Å². The smallest absolute Gasteiger partial charge is 0.248 e. The molecule has 0 aromatic heterocycles. The molecule has 2 rings (SSSR count). The summed E-state index contributed by atoms with van der Waals surface area (Å²) < 4.78 is 5.08. The number of nitrogens with one attached hydrogen (secondary N) is 1. The van der Waals surface area contributed by atoms with Gasteiger partial charge >= 0.3 is 0 Å². The van der Waals surface area contributed by atoms with Crippen LogP contribution in [0.4, 0.5) is 5.69 Å². The van der Waals surface area contributed by atoms with E-state index in [1.807, 2.05) is 6.07 Å². The molecule has 0 bridgehead atoms. The molecule has 0 atom stereocenters. The van der Waals surface area contributed by atoms with Crippen molar-refractivity contribution in [2.45, 2.75) is 0 Å². The van der Waals surface area contributed by atoms with Gasteiger partial charge in [0.1, 0.15) is 11.5 Å². The molecule has 0 aliphatic carbocycles. The van der Waals surface area contributed by atoms with E-state index >= 15 is 0 Å². The third-order valence-corrected chi connectivity index (χ3v) is 2.66. The monoisotopic (exact) mass is 269 g/mol. The highest BCUT2D eigenvalue weighted by Gasteiger charge is 1.99. The van der Waals surface area contributed by atoms with Gasteiger partial charge in [0.25, 0.3) is 0 Å². The number of carbonyl (C=O) groups is 1. The van der Waals surface area contributed by atoms with E-state index in [0.717, 1.165) is 5.56 Å². The first-order valence-corrected chi connectivity index (χ1v) is 6.09. The molecule has 0 spiro atoms. The SMILES string of the molecule is COc1cccc(NC(=O)/C=C/c2ccc(O)cc2)c1. The summed E-state index contributed by atoms with van der Waals surface area (Å²) in [5.74, 6) is 0.652. The van der Waals surface area contributed by atoms with E-state index in [1.165, 1.54) is 6.08 Å². The molecule has 102 valence electrons. The number of hydrogen-bond donors (Lipinski definition) is 2. The maximum Gasteiger partial charge on any atom is 0.248 e. The molecule has 2 aromatic carbocycles. The Bertz CT molecular complexity index is 618. The molecule has 0 aliphatic rings. The van der Waals surface area contributed by atoms with Crippen LogP contribution in [0.3, 0.4) is 0 Å². The summed E-state index contributed by atoms with van der Waals surface area (Å²) in [6.45, 7) is 0. The minimum absolute atomic E-state index is 0.197. The van der Waals surface area contributed by atoms with Crippen LogP contribution in [0.5, 0.6) is 11.5 Å². The van der Waals surface area contributed by atoms with Crippen molar-refractivity contribution in [1.29, 1.82) is 0 Å². The van der Waals surface area contributed by atoms with Crippen LogP contribution in [0.1, 0.15) is 5.56 Å². The summed E-state index contributed by atoms with van der Waals surface area (Å²) in [6.07, 6.45) is 3.11. The number of ether oxygens (including phenoxy) is 1. The van der Waals surface area contributed by atoms with Crippen LogP contribution in [0.2, 0.25) is 0 Å². The Labute approximate surface area is 117 Å². The lowest BCUT2D eigenvalue weighted by Gasteiger charge is -2.04. The van der Waals surface area contributed by atoms with Gasteiger partial charge < -0.3 is 15.2 Å². The zero-order chi connectivity index (χ0) is 14.4. The fourth-order valence-electron chi connectivity index (χ4n) is 1.64. The fourth-order valence-corrected chi connectivity index (χ4v) is 1.64. The predicted octanol–water partition coefficient (Wildman–Crippen LogP) is 3.05. The van der Waals surface area contributed by atoms with Crippen molar-refractivity contribution in [2.24, 2.45) is 0 Å². The number of anilines is 1.